The molecule has 0 amide bonds. The van der Waals surface area contributed by atoms with Crippen molar-refractivity contribution in [2.75, 3.05) is 0 Å². The van der Waals surface area contributed by atoms with Crippen molar-refractivity contribution in [3.63, 3.8) is 0 Å². The molecule has 0 bridgehead atoms. The van der Waals surface area contributed by atoms with Crippen molar-refractivity contribution in [1.82, 2.24) is 0 Å². The molecule has 0 rings (SSSR count). The summed E-state index contributed by atoms with van der Waals surface area (Å²) in [7, 11) is 0. The molecular weight excluding hydrogens is 132 g/mol. The minimum absolute atomic E-state index is 1.09. The van der Waals surface area contributed by atoms with Crippen molar-refractivity contribution in [1.29, 1.82) is 0 Å². The molecule has 0 saturated carbocycles. The number of aliphatic hydroxyl groups excluding tert-OH is 1. The molecule has 0 heterocycles. The molecule has 7 heavy (non-hydrogen) atoms. The Balaban J connectivity index is 3.54. The van der Waals surface area contributed by atoms with E-state index in [9.17, 15) is 0 Å². The molecule has 0 saturated heterocycles. The third-order valence-electron chi connectivity index (χ3n) is 0.489. The summed E-state index contributed by atoms with van der Waals surface area (Å²) in [5.41, 5.74) is -1.09. The highest BCUT2D eigenvalue weighted by atomic mass is 32.1. The molecule has 2 atom stereocenters. The van der Waals surface area contributed by atoms with Gasteiger partial charge in [-0.2, -0.15) is 0 Å². The summed E-state index contributed by atoms with van der Waals surface area (Å²) in [6.45, 7) is 1.35. The molecule has 0 aromatic carbocycles. The Morgan fingerprint density at radius 1 is 1.71 bits per heavy atom. The summed E-state index contributed by atoms with van der Waals surface area (Å²) < 4.78 is 0. The Bertz CT molecular complexity index is 56.4. The third kappa shape index (κ3) is 3.22. The van der Waals surface area contributed by atoms with Gasteiger partial charge in [0.15, 0.2) is 0 Å². The van der Waals surface area contributed by atoms with Crippen LogP contribution in [0.25, 0.3) is 0 Å². The summed E-state index contributed by atoms with van der Waals surface area (Å²) in [6, 6.07) is 0. The summed E-state index contributed by atoms with van der Waals surface area (Å²) in [5, 5.41) is 17.1. The van der Waals surface area contributed by atoms with E-state index < -0.39 is 10.4 Å². The lowest BCUT2D eigenvalue weighted by molar-refractivity contribution is 0.0618. The van der Waals surface area contributed by atoms with Gasteiger partial charge in [0.1, 0.15) is 10.4 Å². The maximum Gasteiger partial charge on any atom is 0.139 e. The summed E-state index contributed by atoms with van der Waals surface area (Å²) in [5.74, 6) is 0. The first-order valence-corrected chi connectivity index (χ1v) is 2.72. The molecule has 4 heteroatoms. The highest BCUT2D eigenvalue weighted by Gasteiger charge is 2.20. The van der Waals surface area contributed by atoms with E-state index in [1.807, 2.05) is 0 Å². The molecule has 2 nitrogen and oxygen atoms in total. The van der Waals surface area contributed by atoms with Gasteiger partial charge in [0.2, 0.25) is 0 Å². The van der Waals surface area contributed by atoms with Gasteiger partial charge in [-0.25, -0.2) is 0 Å². The molecule has 44 valence electrons. The molecule has 0 spiro atoms. The van der Waals surface area contributed by atoms with Gasteiger partial charge >= 0.3 is 0 Å². The van der Waals surface area contributed by atoms with Crippen LogP contribution in [-0.2, 0) is 0 Å². The minimum atomic E-state index is -1.39. The van der Waals surface area contributed by atoms with E-state index in [2.05, 4.69) is 25.3 Å². The van der Waals surface area contributed by atoms with Crippen LogP contribution in [0.3, 0.4) is 0 Å². The van der Waals surface area contributed by atoms with E-state index in [0.29, 0.717) is 0 Å². The topological polar surface area (TPSA) is 40.5 Å². The predicted molar refractivity (Wildman–Crippen MR) is 34.6 cm³/mol. The van der Waals surface area contributed by atoms with Gasteiger partial charge in [-0.1, -0.05) is 0 Å². The van der Waals surface area contributed by atoms with Crippen LogP contribution in [0.5, 0.6) is 0 Å². The van der Waals surface area contributed by atoms with E-state index in [4.69, 9.17) is 10.2 Å². The maximum atomic E-state index is 8.63. The lowest BCUT2D eigenvalue weighted by Gasteiger charge is -2.17. The Morgan fingerprint density at radius 2 is 1.86 bits per heavy atom. The van der Waals surface area contributed by atoms with Crippen molar-refractivity contribution in [3.05, 3.63) is 0 Å². The van der Waals surface area contributed by atoms with Crippen molar-refractivity contribution >= 4 is 25.3 Å². The summed E-state index contributed by atoms with van der Waals surface area (Å²) in [4.78, 5) is -1.39. The lowest BCUT2D eigenvalue weighted by Crippen LogP contribution is -2.28. The van der Waals surface area contributed by atoms with Crippen molar-refractivity contribution in [2.24, 2.45) is 0 Å². The second-order valence-corrected chi connectivity index (χ2v) is 2.86. The fraction of sp³-hybridized carbons (Fsp3) is 1.00. The molecule has 0 aromatic heterocycles. The number of rotatable bonds is 1. The maximum absolute atomic E-state index is 8.63. The molecule has 0 radical (unpaired) electrons. The van der Waals surface area contributed by atoms with Crippen molar-refractivity contribution in [3.8, 4) is 0 Å². The number of thiol groups is 2. The average molecular weight is 140 g/mol. The molecular formula is C3H8O2S2. The van der Waals surface area contributed by atoms with Gasteiger partial charge in [0, 0.05) is 0 Å². The molecule has 0 aromatic rings. The van der Waals surface area contributed by atoms with Crippen molar-refractivity contribution in [2.45, 2.75) is 17.3 Å². The van der Waals surface area contributed by atoms with Crippen LogP contribution < -0.4 is 0 Å². The summed E-state index contributed by atoms with van der Waals surface area (Å²) in [6.07, 6.45) is 0. The monoisotopic (exact) mass is 140 g/mol. The Kier molecular flexibility index (Phi) is 2.46. The first kappa shape index (κ1) is 7.62. The molecule has 0 aliphatic rings. The fourth-order valence-electron chi connectivity index (χ4n) is 0. The first-order chi connectivity index (χ1) is 2.94. The Labute approximate surface area is 53.4 Å². The standard InChI is InChI=1S/C3H8O2S2/c1-3(5,7)2(4)6/h2,4-7H,1H3. The van der Waals surface area contributed by atoms with E-state index in [0.717, 1.165) is 0 Å². The van der Waals surface area contributed by atoms with E-state index >= 15 is 0 Å². The van der Waals surface area contributed by atoms with E-state index in [-0.39, 0.29) is 0 Å². The Hall–Kier alpha value is 0.620. The highest BCUT2D eigenvalue weighted by molar-refractivity contribution is 7.85. The molecule has 0 fully saturated rings. The lowest BCUT2D eigenvalue weighted by atomic mass is 10.4. The largest absolute Gasteiger partial charge is 0.379 e. The normalized spacial score (nSPS) is 23.6. The first-order valence-electron chi connectivity index (χ1n) is 1.75. The third-order valence-corrected chi connectivity index (χ3v) is 1.44. The van der Waals surface area contributed by atoms with Gasteiger partial charge in [0.05, 0.1) is 0 Å². The second-order valence-electron chi connectivity index (χ2n) is 1.47. The molecule has 0 aliphatic carbocycles. The Morgan fingerprint density at radius 3 is 1.86 bits per heavy atom. The number of hydrogen-bond donors (Lipinski definition) is 4. The zero-order valence-corrected chi connectivity index (χ0v) is 5.66. The van der Waals surface area contributed by atoms with Crippen LogP contribution in [0, 0.1) is 0 Å². The average Bonchev–Trinajstić information content (AvgIpc) is 1.31. The van der Waals surface area contributed by atoms with Gasteiger partial charge in [-0.3, -0.25) is 0 Å². The molecule has 2 unspecified atom stereocenters. The van der Waals surface area contributed by atoms with Gasteiger partial charge in [0.25, 0.3) is 0 Å². The molecule has 0 aliphatic heterocycles. The van der Waals surface area contributed by atoms with E-state index in [1.54, 1.807) is 0 Å². The van der Waals surface area contributed by atoms with Gasteiger partial charge in [-0.05, 0) is 6.92 Å². The molecule has 2 N–H and O–H groups in total. The smallest absolute Gasteiger partial charge is 0.139 e. The zero-order chi connectivity index (χ0) is 6.08. The van der Waals surface area contributed by atoms with Gasteiger partial charge < -0.3 is 10.2 Å². The second kappa shape index (κ2) is 2.26. The zero-order valence-electron chi connectivity index (χ0n) is 3.87. The van der Waals surface area contributed by atoms with Crippen LogP contribution in [0.15, 0.2) is 0 Å². The van der Waals surface area contributed by atoms with Crippen LogP contribution in [0.4, 0.5) is 0 Å². The predicted octanol–water partition coefficient (Wildman–Crippen LogP) is -0.127. The van der Waals surface area contributed by atoms with E-state index in [1.165, 1.54) is 6.92 Å². The van der Waals surface area contributed by atoms with Crippen LogP contribution >= 0.6 is 25.3 Å². The fourth-order valence-corrected chi connectivity index (χ4v) is 0. The van der Waals surface area contributed by atoms with Gasteiger partial charge in [-0.15, -0.1) is 25.3 Å². The highest BCUT2D eigenvalue weighted by Crippen LogP contribution is 2.15. The quantitative estimate of drug-likeness (QED) is 0.303. The van der Waals surface area contributed by atoms with Crippen molar-refractivity contribution < 1.29 is 10.2 Å². The van der Waals surface area contributed by atoms with Crippen LogP contribution in [0.1, 0.15) is 6.92 Å². The van der Waals surface area contributed by atoms with Crippen LogP contribution in [0.2, 0.25) is 0 Å². The SMILES string of the molecule is CC(O)(S)C(O)S. The summed E-state index contributed by atoms with van der Waals surface area (Å²) >= 11 is 7.09. The number of aliphatic hydroxyl groups is 2. The van der Waals surface area contributed by atoms with Crippen LogP contribution in [-0.4, -0.2) is 20.6 Å². The number of hydrogen-bond acceptors (Lipinski definition) is 4. The minimum Gasteiger partial charge on any atom is -0.379 e.